The Bertz CT molecular complexity index is 1290. The minimum absolute atomic E-state index is 0. The molecule has 0 radical (unpaired) electrons. The van der Waals surface area contributed by atoms with Crippen LogP contribution in [0.2, 0.25) is 5.02 Å². The molecule has 0 amide bonds. The van der Waals surface area contributed by atoms with Crippen LogP contribution in [0, 0.1) is 17.1 Å². The number of nitriles is 1. The van der Waals surface area contributed by atoms with Crippen LogP contribution in [0.25, 0.3) is 0 Å². The van der Waals surface area contributed by atoms with Crippen LogP contribution in [0.1, 0.15) is 5.56 Å². The van der Waals surface area contributed by atoms with Crippen LogP contribution in [0.3, 0.4) is 0 Å². The van der Waals surface area contributed by atoms with E-state index < -0.39 is 20.7 Å². The second kappa shape index (κ2) is 11.9. The molecule has 0 fully saturated rings. The predicted octanol–water partition coefficient (Wildman–Crippen LogP) is 4.37. The molecule has 180 valence electrons. The summed E-state index contributed by atoms with van der Waals surface area (Å²) in [5.41, 5.74) is 1.93. The molecule has 3 aromatic rings. The highest BCUT2D eigenvalue weighted by molar-refractivity contribution is 7.92. The Morgan fingerprint density at radius 2 is 1.94 bits per heavy atom. The highest BCUT2D eigenvalue weighted by Gasteiger charge is 2.22. The minimum Gasteiger partial charge on any atom is -0.372 e. The van der Waals surface area contributed by atoms with E-state index in [1.165, 1.54) is 12.3 Å². The van der Waals surface area contributed by atoms with E-state index in [0.29, 0.717) is 30.0 Å². The number of likely N-dealkylation sites (N-methyl/N-ethyl adjacent to an activating group) is 2. The van der Waals surface area contributed by atoms with Crippen molar-refractivity contribution in [1.29, 1.82) is 5.26 Å². The molecule has 3 rings (SSSR count). The summed E-state index contributed by atoms with van der Waals surface area (Å²) in [6, 6.07) is 13.9. The summed E-state index contributed by atoms with van der Waals surface area (Å²) in [7, 11) is -0.554. The lowest BCUT2D eigenvalue weighted by Crippen LogP contribution is -2.27. The van der Waals surface area contributed by atoms with Gasteiger partial charge >= 0.3 is 0 Å². The number of halogens is 3. The third-order valence-corrected chi connectivity index (χ3v) is 6.40. The molecule has 2 aromatic carbocycles. The summed E-state index contributed by atoms with van der Waals surface area (Å²) in [5, 5.41) is 15.4. The van der Waals surface area contributed by atoms with Crippen molar-refractivity contribution in [2.45, 2.75) is 4.90 Å². The molecule has 0 bridgehead atoms. The average molecular weight is 525 g/mol. The molecule has 3 N–H and O–H groups in total. The van der Waals surface area contributed by atoms with Crippen molar-refractivity contribution in [2.75, 3.05) is 42.1 Å². The monoisotopic (exact) mass is 524 g/mol. The zero-order valence-corrected chi connectivity index (χ0v) is 20.7. The zero-order chi connectivity index (χ0) is 24.0. The van der Waals surface area contributed by atoms with E-state index in [-0.39, 0.29) is 28.9 Å². The van der Waals surface area contributed by atoms with Gasteiger partial charge in [0.25, 0.3) is 10.0 Å². The summed E-state index contributed by atoms with van der Waals surface area (Å²) < 4.78 is 42.4. The van der Waals surface area contributed by atoms with Gasteiger partial charge in [-0.1, -0.05) is 17.7 Å². The van der Waals surface area contributed by atoms with Gasteiger partial charge in [-0.3, -0.25) is 4.72 Å². The normalized spacial score (nSPS) is 10.7. The van der Waals surface area contributed by atoms with Gasteiger partial charge < -0.3 is 15.5 Å². The number of nitrogens with one attached hydrogen (secondary N) is 3. The Balaban J connectivity index is 0.00000408. The molecule has 0 aliphatic carbocycles. The van der Waals surface area contributed by atoms with Crippen LogP contribution in [-0.2, 0) is 10.0 Å². The average Bonchev–Trinajstić information content (AvgIpc) is 2.80. The van der Waals surface area contributed by atoms with Gasteiger partial charge in [0.2, 0.25) is 0 Å². The van der Waals surface area contributed by atoms with Crippen molar-refractivity contribution in [3.8, 4) is 6.07 Å². The molecule has 1 heterocycles. The molecular formula is C22H23Cl2FN6O2S. The first-order valence-corrected chi connectivity index (χ1v) is 11.7. The van der Waals surface area contributed by atoms with Gasteiger partial charge in [0.15, 0.2) is 0 Å². The summed E-state index contributed by atoms with van der Waals surface area (Å²) >= 11 is 6.32. The highest BCUT2D eigenvalue weighted by atomic mass is 35.5. The maximum Gasteiger partial charge on any atom is 0.266 e. The Morgan fingerprint density at radius 3 is 2.59 bits per heavy atom. The van der Waals surface area contributed by atoms with E-state index in [2.05, 4.69) is 26.4 Å². The fraction of sp³-hybridized carbons (Fsp3) is 0.182. The van der Waals surface area contributed by atoms with Crippen molar-refractivity contribution in [3.63, 3.8) is 0 Å². The molecule has 0 atom stereocenters. The Kier molecular flexibility index (Phi) is 9.46. The number of rotatable bonds is 9. The van der Waals surface area contributed by atoms with E-state index in [9.17, 15) is 18.1 Å². The first kappa shape index (κ1) is 27.1. The number of anilines is 4. The fourth-order valence-corrected chi connectivity index (χ4v) is 4.38. The van der Waals surface area contributed by atoms with Crippen LogP contribution in [0.4, 0.5) is 27.3 Å². The van der Waals surface area contributed by atoms with E-state index in [1.807, 2.05) is 19.0 Å². The topological polar surface area (TPSA) is 110 Å². The lowest BCUT2D eigenvalue weighted by atomic mass is 10.1. The van der Waals surface area contributed by atoms with E-state index >= 15 is 0 Å². The summed E-state index contributed by atoms with van der Waals surface area (Å²) in [6.07, 6.45) is 1.41. The van der Waals surface area contributed by atoms with Gasteiger partial charge in [0.05, 0.1) is 33.7 Å². The molecule has 0 spiro atoms. The standard InChI is InChI=1S/C22H22ClFN6O2S.ClH/c1-26-9-10-30(2)20-11-15(14-25)6-7-18(20)28-19-13-17(24)21(12-16(19)23)33(31,32)29-22-5-3-4-8-27-22;/h3-8,11-13,26,28H,9-10H2,1-2H3,(H,27,29);1H. The van der Waals surface area contributed by atoms with Gasteiger partial charge in [0, 0.05) is 32.4 Å². The van der Waals surface area contributed by atoms with Crippen molar-refractivity contribution < 1.29 is 12.8 Å². The molecule has 8 nitrogen and oxygen atoms in total. The Morgan fingerprint density at radius 1 is 1.18 bits per heavy atom. The van der Waals surface area contributed by atoms with Gasteiger partial charge in [-0.05, 0) is 43.4 Å². The maximum absolute atomic E-state index is 14.9. The quantitative estimate of drug-likeness (QED) is 0.381. The Hall–Kier alpha value is -3.10. The number of sulfonamides is 1. The number of benzene rings is 2. The van der Waals surface area contributed by atoms with Crippen LogP contribution < -0.4 is 20.3 Å². The van der Waals surface area contributed by atoms with Crippen molar-refractivity contribution in [2.24, 2.45) is 0 Å². The van der Waals surface area contributed by atoms with Gasteiger partial charge in [-0.25, -0.2) is 17.8 Å². The minimum atomic E-state index is -4.25. The second-order valence-corrected chi connectivity index (χ2v) is 9.13. The molecule has 1 aromatic heterocycles. The van der Waals surface area contributed by atoms with E-state index in [0.717, 1.165) is 12.1 Å². The van der Waals surface area contributed by atoms with Gasteiger partial charge in [0.1, 0.15) is 16.5 Å². The SMILES string of the molecule is CNCCN(C)c1cc(C#N)ccc1Nc1cc(F)c(S(=O)(=O)Nc2ccccn2)cc1Cl.Cl. The molecule has 0 saturated heterocycles. The highest BCUT2D eigenvalue weighted by Crippen LogP contribution is 2.35. The van der Waals surface area contributed by atoms with Crippen LogP contribution in [0.5, 0.6) is 0 Å². The number of hydrogen-bond donors (Lipinski definition) is 3. The molecule has 0 saturated carbocycles. The predicted molar refractivity (Wildman–Crippen MR) is 135 cm³/mol. The summed E-state index contributed by atoms with van der Waals surface area (Å²) in [4.78, 5) is 5.21. The molecule has 12 heteroatoms. The van der Waals surface area contributed by atoms with Crippen molar-refractivity contribution in [3.05, 3.63) is 71.1 Å². The maximum atomic E-state index is 14.9. The summed E-state index contributed by atoms with van der Waals surface area (Å²) in [6.45, 7) is 1.36. The lowest BCUT2D eigenvalue weighted by Gasteiger charge is -2.23. The largest absolute Gasteiger partial charge is 0.372 e. The number of pyridine rings is 1. The zero-order valence-electron chi connectivity index (χ0n) is 18.3. The van der Waals surface area contributed by atoms with Crippen LogP contribution >= 0.6 is 24.0 Å². The lowest BCUT2D eigenvalue weighted by molar-refractivity contribution is 0.570. The third kappa shape index (κ3) is 6.48. The van der Waals surface area contributed by atoms with Gasteiger partial charge in [-0.2, -0.15) is 5.26 Å². The number of aromatic nitrogens is 1. The summed E-state index contributed by atoms with van der Waals surface area (Å²) in [5.74, 6) is -0.925. The molecule has 0 unspecified atom stereocenters. The van der Waals surface area contributed by atoms with E-state index in [4.69, 9.17) is 11.6 Å². The first-order valence-electron chi connectivity index (χ1n) is 9.85. The molecule has 0 aliphatic rings. The van der Waals surface area contributed by atoms with Crippen LogP contribution in [-0.4, -0.2) is 40.6 Å². The Labute approximate surface area is 209 Å². The fourth-order valence-electron chi connectivity index (χ4n) is 3.01. The van der Waals surface area contributed by atoms with E-state index in [1.54, 1.807) is 30.3 Å². The molecule has 0 aliphatic heterocycles. The molecule has 34 heavy (non-hydrogen) atoms. The van der Waals surface area contributed by atoms with Gasteiger partial charge in [-0.15, -0.1) is 12.4 Å². The second-order valence-electron chi connectivity index (χ2n) is 7.08. The first-order chi connectivity index (χ1) is 15.7. The molecular weight excluding hydrogens is 502 g/mol. The van der Waals surface area contributed by atoms with Crippen LogP contribution in [0.15, 0.2) is 59.6 Å². The van der Waals surface area contributed by atoms with Crippen molar-refractivity contribution in [1.82, 2.24) is 10.3 Å². The smallest absolute Gasteiger partial charge is 0.266 e. The third-order valence-electron chi connectivity index (χ3n) is 4.72. The van der Waals surface area contributed by atoms with Crippen molar-refractivity contribution >= 4 is 56.9 Å². The number of hydrogen-bond acceptors (Lipinski definition) is 7. The number of nitrogens with zero attached hydrogens (tertiary/aromatic N) is 3.